The molecule has 1 heterocycles. The van der Waals surface area contributed by atoms with E-state index in [1.165, 1.54) is 36.4 Å². The summed E-state index contributed by atoms with van der Waals surface area (Å²) in [5.74, 6) is -13.6. The van der Waals surface area contributed by atoms with Crippen molar-refractivity contribution in [2.75, 3.05) is 5.32 Å². The predicted molar refractivity (Wildman–Crippen MR) is 90.3 cm³/mol. The quantitative estimate of drug-likeness (QED) is 0.202. The first kappa shape index (κ1) is 20.8. The summed E-state index contributed by atoms with van der Waals surface area (Å²) in [4.78, 5) is 22.1. The molecule has 0 atom stereocenters. The van der Waals surface area contributed by atoms with Crippen molar-refractivity contribution in [1.29, 1.82) is 0 Å². The van der Waals surface area contributed by atoms with E-state index >= 15 is 0 Å². The van der Waals surface area contributed by atoms with Crippen LogP contribution in [0.25, 0.3) is 0 Å². The van der Waals surface area contributed by atoms with Crippen LogP contribution in [0.1, 0.15) is 16.3 Å². The zero-order valence-corrected chi connectivity index (χ0v) is 14.5. The Labute approximate surface area is 163 Å². The molecule has 3 aromatic rings. The molecule has 1 aromatic heterocycles. The summed E-state index contributed by atoms with van der Waals surface area (Å²) in [5.41, 5.74) is 0.0415. The number of nitrogens with zero attached hydrogens (tertiary/aromatic N) is 1. The normalized spacial score (nSPS) is 10.7. The van der Waals surface area contributed by atoms with Gasteiger partial charge in [-0.15, -0.1) is 0 Å². The molecule has 7 nitrogen and oxygen atoms in total. The smallest absolute Gasteiger partial charge is 0.291 e. The minimum atomic E-state index is -2.32. The highest BCUT2D eigenvalue weighted by Gasteiger charge is 2.27. The second-order valence-electron chi connectivity index (χ2n) is 5.71. The van der Waals surface area contributed by atoms with Gasteiger partial charge >= 0.3 is 0 Å². The highest BCUT2D eigenvalue weighted by atomic mass is 19.2. The molecule has 0 radical (unpaired) electrons. The fraction of sp³-hybridized carbons (Fsp3) is 0.0556. The third kappa shape index (κ3) is 4.06. The van der Waals surface area contributed by atoms with E-state index in [2.05, 4.69) is 10.1 Å². The molecule has 30 heavy (non-hydrogen) atoms. The van der Waals surface area contributed by atoms with Crippen molar-refractivity contribution in [2.24, 2.45) is 0 Å². The van der Waals surface area contributed by atoms with Gasteiger partial charge in [0.25, 0.3) is 11.6 Å². The number of nitro benzene ring substituents is 1. The molecule has 0 saturated heterocycles. The maximum absolute atomic E-state index is 13.6. The van der Waals surface area contributed by atoms with Crippen molar-refractivity contribution in [2.45, 2.75) is 6.61 Å². The lowest BCUT2D eigenvalue weighted by molar-refractivity contribution is -0.384. The molecule has 0 aliphatic rings. The number of nitrogens with one attached hydrogen (secondary N) is 1. The molecule has 1 amide bonds. The highest BCUT2D eigenvalue weighted by Crippen LogP contribution is 2.30. The van der Waals surface area contributed by atoms with Gasteiger partial charge in [0.1, 0.15) is 12.4 Å². The molecule has 0 bridgehead atoms. The minimum absolute atomic E-state index is 0.146. The molecule has 156 valence electrons. The topological polar surface area (TPSA) is 94.6 Å². The Morgan fingerprint density at radius 1 is 0.933 bits per heavy atom. The molecule has 3 rings (SSSR count). The lowest BCUT2D eigenvalue weighted by atomic mass is 10.2. The zero-order valence-electron chi connectivity index (χ0n) is 14.5. The van der Waals surface area contributed by atoms with Crippen LogP contribution in [-0.4, -0.2) is 10.8 Å². The molecule has 1 N–H and O–H groups in total. The number of halogens is 5. The van der Waals surface area contributed by atoms with E-state index in [-0.39, 0.29) is 22.9 Å². The number of furan rings is 1. The Hall–Kier alpha value is -3.96. The first-order chi connectivity index (χ1) is 14.2. The van der Waals surface area contributed by atoms with Crippen LogP contribution in [-0.2, 0) is 6.61 Å². The summed E-state index contributed by atoms with van der Waals surface area (Å²) in [6.07, 6.45) is 0. The number of non-ortho nitro benzene ring substituents is 1. The van der Waals surface area contributed by atoms with Crippen LogP contribution >= 0.6 is 0 Å². The third-order valence-electron chi connectivity index (χ3n) is 3.75. The molecule has 0 spiro atoms. The van der Waals surface area contributed by atoms with Crippen LogP contribution < -0.4 is 10.1 Å². The number of carbonyl (C=O) groups excluding carboxylic acids is 1. The number of benzene rings is 2. The fourth-order valence-electron chi connectivity index (χ4n) is 2.29. The molecule has 2 aromatic carbocycles. The van der Waals surface area contributed by atoms with E-state index in [0.717, 1.165) is 0 Å². The number of amides is 1. The van der Waals surface area contributed by atoms with Crippen molar-refractivity contribution >= 4 is 17.3 Å². The molecule has 0 aliphatic heterocycles. The summed E-state index contributed by atoms with van der Waals surface area (Å²) < 4.78 is 76.2. The Morgan fingerprint density at radius 3 is 2.07 bits per heavy atom. The standard InChI is InChI=1S/C18H9F5N2O5/c19-12-13(20)15(22)17(16(23)14(12)21)29-7-10-5-6-11(30-10)18(26)24-8-1-3-9(4-2-8)25(27)28/h1-6H,7H2,(H,24,26). The average molecular weight is 428 g/mol. The van der Waals surface area contributed by atoms with Gasteiger partial charge < -0.3 is 14.5 Å². The van der Waals surface area contributed by atoms with Crippen molar-refractivity contribution in [3.8, 4) is 5.75 Å². The van der Waals surface area contributed by atoms with Gasteiger partial charge in [0.05, 0.1) is 4.92 Å². The summed E-state index contributed by atoms with van der Waals surface area (Å²) in [6, 6.07) is 7.27. The number of hydrogen-bond acceptors (Lipinski definition) is 5. The molecule has 0 saturated carbocycles. The van der Waals surface area contributed by atoms with Crippen LogP contribution in [0, 0.1) is 39.2 Å². The van der Waals surface area contributed by atoms with Gasteiger partial charge in [-0.05, 0) is 24.3 Å². The van der Waals surface area contributed by atoms with E-state index < -0.39 is 52.3 Å². The number of ether oxygens (including phenoxy) is 1. The molecule has 0 unspecified atom stereocenters. The lowest BCUT2D eigenvalue weighted by Gasteiger charge is -2.09. The first-order valence-electron chi connectivity index (χ1n) is 7.97. The zero-order chi connectivity index (χ0) is 22.0. The Bertz CT molecular complexity index is 1100. The second kappa shape index (κ2) is 8.19. The van der Waals surface area contributed by atoms with E-state index in [1.54, 1.807) is 0 Å². The van der Waals surface area contributed by atoms with E-state index in [0.29, 0.717) is 0 Å². The molecular weight excluding hydrogens is 419 g/mol. The van der Waals surface area contributed by atoms with Crippen molar-refractivity contribution in [3.63, 3.8) is 0 Å². The molecular formula is C18H9F5N2O5. The average Bonchev–Trinajstić information content (AvgIpc) is 3.20. The van der Waals surface area contributed by atoms with Gasteiger partial charge in [-0.2, -0.15) is 8.78 Å². The number of carbonyl (C=O) groups is 1. The van der Waals surface area contributed by atoms with E-state index in [1.807, 2.05) is 0 Å². The Kier molecular flexibility index (Phi) is 5.67. The maximum atomic E-state index is 13.6. The van der Waals surface area contributed by atoms with Crippen LogP contribution in [0.4, 0.5) is 33.3 Å². The van der Waals surface area contributed by atoms with Crippen LogP contribution in [0.3, 0.4) is 0 Å². The van der Waals surface area contributed by atoms with Crippen LogP contribution in [0.2, 0.25) is 0 Å². The largest absolute Gasteiger partial charge is 0.479 e. The summed E-state index contributed by atoms with van der Waals surface area (Å²) >= 11 is 0. The third-order valence-corrected chi connectivity index (χ3v) is 3.75. The van der Waals surface area contributed by atoms with Gasteiger partial charge in [-0.25, -0.2) is 13.2 Å². The predicted octanol–water partition coefficient (Wildman–Crippen LogP) is 4.71. The van der Waals surface area contributed by atoms with Gasteiger partial charge in [0.15, 0.2) is 11.5 Å². The van der Waals surface area contributed by atoms with E-state index in [4.69, 9.17) is 4.42 Å². The number of rotatable bonds is 6. The van der Waals surface area contributed by atoms with Gasteiger partial charge in [-0.1, -0.05) is 0 Å². The first-order valence-corrected chi connectivity index (χ1v) is 7.97. The molecule has 12 heteroatoms. The summed E-state index contributed by atoms with van der Waals surface area (Å²) in [6.45, 7) is -0.733. The second-order valence-corrected chi connectivity index (χ2v) is 5.71. The molecule has 0 fully saturated rings. The van der Waals surface area contributed by atoms with Gasteiger partial charge in [0.2, 0.25) is 29.1 Å². The summed E-state index contributed by atoms with van der Waals surface area (Å²) in [7, 11) is 0. The SMILES string of the molecule is O=C(Nc1ccc([N+](=O)[O-])cc1)c1ccc(COc2c(F)c(F)c(F)c(F)c2F)o1. The van der Waals surface area contributed by atoms with E-state index in [9.17, 15) is 36.9 Å². The number of anilines is 1. The van der Waals surface area contributed by atoms with Gasteiger partial charge in [-0.3, -0.25) is 14.9 Å². The molecule has 0 aliphatic carbocycles. The number of hydrogen-bond donors (Lipinski definition) is 1. The fourth-order valence-corrected chi connectivity index (χ4v) is 2.29. The van der Waals surface area contributed by atoms with Crippen molar-refractivity contribution < 1.29 is 40.8 Å². The Balaban J connectivity index is 1.68. The van der Waals surface area contributed by atoms with Crippen LogP contribution in [0.5, 0.6) is 5.75 Å². The summed E-state index contributed by atoms with van der Waals surface area (Å²) in [5, 5.41) is 13.0. The maximum Gasteiger partial charge on any atom is 0.291 e. The number of nitro groups is 1. The van der Waals surface area contributed by atoms with Gasteiger partial charge in [0, 0.05) is 17.8 Å². The van der Waals surface area contributed by atoms with Crippen molar-refractivity contribution in [1.82, 2.24) is 0 Å². The minimum Gasteiger partial charge on any atom is -0.479 e. The highest BCUT2D eigenvalue weighted by molar-refractivity contribution is 6.02. The van der Waals surface area contributed by atoms with Crippen molar-refractivity contribution in [3.05, 3.63) is 87.1 Å². The monoisotopic (exact) mass is 428 g/mol. The lowest BCUT2D eigenvalue weighted by Crippen LogP contribution is -2.11. The van der Waals surface area contributed by atoms with Crippen LogP contribution in [0.15, 0.2) is 40.8 Å². The Morgan fingerprint density at radius 2 is 1.50 bits per heavy atom.